The molecule has 1 nitrogen and oxygen atoms in total. The first-order valence-electron chi connectivity index (χ1n) is 4.87. The number of rotatable bonds is 2. The molecule has 0 unspecified atom stereocenters. The van der Waals surface area contributed by atoms with E-state index in [0.29, 0.717) is 5.92 Å². The van der Waals surface area contributed by atoms with E-state index in [-0.39, 0.29) is 0 Å². The van der Waals surface area contributed by atoms with E-state index in [0.717, 1.165) is 11.8 Å². The SMILES string of the molecule is Cc1ccc(C=O)c(C2CCC2)c1. The molecule has 0 aliphatic heterocycles. The molecule has 68 valence electrons. The Bertz CT molecular complexity index is 324. The normalized spacial score (nSPS) is 16.7. The molecule has 0 saturated heterocycles. The summed E-state index contributed by atoms with van der Waals surface area (Å²) in [5.41, 5.74) is 3.41. The maximum atomic E-state index is 10.8. The zero-order valence-electron chi connectivity index (χ0n) is 7.92. The molecule has 0 spiro atoms. The van der Waals surface area contributed by atoms with Crippen LogP contribution >= 0.6 is 0 Å². The van der Waals surface area contributed by atoms with E-state index in [1.807, 2.05) is 12.1 Å². The van der Waals surface area contributed by atoms with Crippen molar-refractivity contribution in [2.24, 2.45) is 0 Å². The van der Waals surface area contributed by atoms with E-state index >= 15 is 0 Å². The number of benzene rings is 1. The highest BCUT2D eigenvalue weighted by atomic mass is 16.1. The van der Waals surface area contributed by atoms with Crippen LogP contribution in [0, 0.1) is 6.92 Å². The smallest absolute Gasteiger partial charge is 0.150 e. The minimum absolute atomic E-state index is 0.653. The standard InChI is InChI=1S/C12H14O/c1-9-5-6-11(8-13)12(7-9)10-3-2-4-10/h5-8,10H,2-4H2,1H3. The molecule has 13 heavy (non-hydrogen) atoms. The zero-order valence-corrected chi connectivity index (χ0v) is 7.92. The zero-order chi connectivity index (χ0) is 9.26. The van der Waals surface area contributed by atoms with Gasteiger partial charge in [0.15, 0.2) is 0 Å². The highest BCUT2D eigenvalue weighted by Crippen LogP contribution is 2.37. The summed E-state index contributed by atoms with van der Waals surface area (Å²) in [6.07, 6.45) is 4.80. The Labute approximate surface area is 78.8 Å². The van der Waals surface area contributed by atoms with Crippen LogP contribution in [-0.2, 0) is 0 Å². The summed E-state index contributed by atoms with van der Waals surface area (Å²) >= 11 is 0. The largest absolute Gasteiger partial charge is 0.298 e. The lowest BCUT2D eigenvalue weighted by atomic mass is 9.78. The third-order valence-electron chi connectivity index (χ3n) is 2.91. The summed E-state index contributed by atoms with van der Waals surface area (Å²) < 4.78 is 0. The van der Waals surface area contributed by atoms with Gasteiger partial charge < -0.3 is 0 Å². The molecule has 1 heteroatoms. The predicted molar refractivity (Wildman–Crippen MR) is 53.2 cm³/mol. The quantitative estimate of drug-likeness (QED) is 0.630. The molecule has 2 rings (SSSR count). The van der Waals surface area contributed by atoms with Gasteiger partial charge in [-0.25, -0.2) is 0 Å². The van der Waals surface area contributed by atoms with Crippen LogP contribution in [0.2, 0.25) is 0 Å². The first-order chi connectivity index (χ1) is 6.31. The molecule has 0 heterocycles. The van der Waals surface area contributed by atoms with Crippen LogP contribution in [0.1, 0.15) is 46.7 Å². The minimum Gasteiger partial charge on any atom is -0.298 e. The maximum Gasteiger partial charge on any atom is 0.150 e. The monoisotopic (exact) mass is 174 g/mol. The van der Waals surface area contributed by atoms with Gasteiger partial charge in [-0.3, -0.25) is 4.79 Å². The molecule has 1 aromatic rings. The summed E-state index contributed by atoms with van der Waals surface area (Å²) in [6.45, 7) is 2.08. The van der Waals surface area contributed by atoms with Crippen LogP contribution in [0.15, 0.2) is 18.2 Å². The molecule has 1 fully saturated rings. The molecule has 0 atom stereocenters. The molecule has 1 aromatic carbocycles. The first-order valence-corrected chi connectivity index (χ1v) is 4.87. The lowest BCUT2D eigenvalue weighted by Crippen LogP contribution is -2.11. The van der Waals surface area contributed by atoms with Crippen LogP contribution in [0.4, 0.5) is 0 Å². The van der Waals surface area contributed by atoms with Crippen molar-refractivity contribution in [2.75, 3.05) is 0 Å². The number of hydrogen-bond acceptors (Lipinski definition) is 1. The topological polar surface area (TPSA) is 17.1 Å². The van der Waals surface area contributed by atoms with Crippen molar-refractivity contribution in [3.05, 3.63) is 34.9 Å². The van der Waals surface area contributed by atoms with Crippen molar-refractivity contribution >= 4 is 6.29 Å². The molecule has 1 aliphatic rings. The van der Waals surface area contributed by atoms with Gasteiger partial charge in [-0.05, 0) is 31.2 Å². The van der Waals surface area contributed by atoms with Crippen molar-refractivity contribution in [1.82, 2.24) is 0 Å². The van der Waals surface area contributed by atoms with Crippen molar-refractivity contribution in [1.29, 1.82) is 0 Å². The Hall–Kier alpha value is -1.11. The fourth-order valence-electron chi connectivity index (χ4n) is 1.87. The maximum absolute atomic E-state index is 10.8. The van der Waals surface area contributed by atoms with Gasteiger partial charge >= 0.3 is 0 Å². The number of carbonyl (C=O) groups excluding carboxylic acids is 1. The van der Waals surface area contributed by atoms with E-state index in [1.54, 1.807) is 0 Å². The Kier molecular flexibility index (Phi) is 2.17. The van der Waals surface area contributed by atoms with Gasteiger partial charge in [-0.15, -0.1) is 0 Å². The van der Waals surface area contributed by atoms with Crippen LogP contribution < -0.4 is 0 Å². The van der Waals surface area contributed by atoms with E-state index in [1.165, 1.54) is 30.4 Å². The molecule has 0 bridgehead atoms. The fraction of sp³-hybridized carbons (Fsp3) is 0.417. The third kappa shape index (κ3) is 1.51. The molecular formula is C12H14O. The summed E-state index contributed by atoms with van der Waals surface area (Å²) in [4.78, 5) is 10.8. The van der Waals surface area contributed by atoms with Gasteiger partial charge in [-0.1, -0.05) is 30.2 Å². The summed E-state index contributed by atoms with van der Waals surface area (Å²) in [5.74, 6) is 0.653. The molecule has 0 amide bonds. The molecule has 1 saturated carbocycles. The Morgan fingerprint density at radius 3 is 2.69 bits per heavy atom. The van der Waals surface area contributed by atoms with Crippen LogP contribution in [0.25, 0.3) is 0 Å². The average molecular weight is 174 g/mol. The van der Waals surface area contributed by atoms with Gasteiger partial charge in [-0.2, -0.15) is 0 Å². The van der Waals surface area contributed by atoms with Crippen LogP contribution in [0.5, 0.6) is 0 Å². The fourth-order valence-corrected chi connectivity index (χ4v) is 1.87. The Morgan fingerprint density at radius 2 is 2.15 bits per heavy atom. The summed E-state index contributed by atoms with van der Waals surface area (Å²) in [5, 5.41) is 0. The van der Waals surface area contributed by atoms with Gasteiger partial charge in [0.25, 0.3) is 0 Å². The number of carbonyl (C=O) groups is 1. The van der Waals surface area contributed by atoms with E-state index in [2.05, 4.69) is 13.0 Å². The number of aldehydes is 1. The van der Waals surface area contributed by atoms with Crippen molar-refractivity contribution in [2.45, 2.75) is 32.1 Å². The highest BCUT2D eigenvalue weighted by molar-refractivity contribution is 5.77. The third-order valence-corrected chi connectivity index (χ3v) is 2.91. The minimum atomic E-state index is 0.653. The Morgan fingerprint density at radius 1 is 1.38 bits per heavy atom. The molecule has 0 aromatic heterocycles. The van der Waals surface area contributed by atoms with Gasteiger partial charge in [0.05, 0.1) is 0 Å². The van der Waals surface area contributed by atoms with Crippen molar-refractivity contribution in [3.63, 3.8) is 0 Å². The number of hydrogen-bond donors (Lipinski definition) is 0. The van der Waals surface area contributed by atoms with Gasteiger partial charge in [0, 0.05) is 5.56 Å². The van der Waals surface area contributed by atoms with Crippen molar-refractivity contribution < 1.29 is 4.79 Å². The lowest BCUT2D eigenvalue weighted by molar-refractivity contribution is 0.112. The second-order valence-electron chi connectivity index (χ2n) is 3.88. The van der Waals surface area contributed by atoms with Crippen LogP contribution in [0.3, 0.4) is 0 Å². The molecule has 0 N–H and O–H groups in total. The van der Waals surface area contributed by atoms with Gasteiger partial charge in [0.2, 0.25) is 0 Å². The summed E-state index contributed by atoms with van der Waals surface area (Å²) in [6, 6.07) is 6.11. The predicted octanol–water partition coefficient (Wildman–Crippen LogP) is 3.08. The molecule has 1 aliphatic carbocycles. The lowest BCUT2D eigenvalue weighted by Gasteiger charge is -2.27. The Balaban J connectivity index is 2.39. The van der Waals surface area contributed by atoms with E-state index in [9.17, 15) is 4.79 Å². The summed E-state index contributed by atoms with van der Waals surface area (Å²) in [7, 11) is 0. The van der Waals surface area contributed by atoms with E-state index in [4.69, 9.17) is 0 Å². The molecular weight excluding hydrogens is 160 g/mol. The van der Waals surface area contributed by atoms with Gasteiger partial charge in [0.1, 0.15) is 6.29 Å². The molecule has 0 radical (unpaired) electrons. The van der Waals surface area contributed by atoms with Crippen molar-refractivity contribution in [3.8, 4) is 0 Å². The van der Waals surface area contributed by atoms with Crippen LogP contribution in [-0.4, -0.2) is 6.29 Å². The second-order valence-corrected chi connectivity index (χ2v) is 3.88. The second kappa shape index (κ2) is 3.33. The van der Waals surface area contributed by atoms with E-state index < -0.39 is 0 Å². The average Bonchev–Trinajstić information content (AvgIpc) is 2.02. The highest BCUT2D eigenvalue weighted by Gasteiger charge is 2.21. The first kappa shape index (κ1) is 8.49. The number of aryl methyl sites for hydroxylation is 1.